The van der Waals surface area contributed by atoms with Gasteiger partial charge in [-0.2, -0.15) is 0 Å². The number of carbonyl (C=O) groups excluding carboxylic acids is 1. The van der Waals surface area contributed by atoms with Gasteiger partial charge in [-0.15, -0.1) is 0 Å². The van der Waals surface area contributed by atoms with E-state index in [1.807, 2.05) is 62.4 Å². The van der Waals surface area contributed by atoms with Crippen molar-refractivity contribution >= 4 is 17.6 Å². The van der Waals surface area contributed by atoms with Gasteiger partial charge >= 0.3 is 0 Å². The average Bonchev–Trinajstić information content (AvgIpc) is 2.76. The second kappa shape index (κ2) is 13.2. The van der Waals surface area contributed by atoms with Crippen molar-refractivity contribution in [2.24, 2.45) is 4.99 Å². The minimum absolute atomic E-state index is 0.0631. The van der Waals surface area contributed by atoms with Crippen LogP contribution in [-0.2, 0) is 11.3 Å². The topological polar surface area (TPSA) is 84.0 Å². The molecule has 0 atom stereocenters. The molecule has 0 aliphatic heterocycles. The molecule has 0 saturated heterocycles. The summed E-state index contributed by atoms with van der Waals surface area (Å²) in [4.78, 5) is 16.5. The Hall–Kier alpha value is -3.06. The highest BCUT2D eigenvalue weighted by molar-refractivity contribution is 5.94. The first kappa shape index (κ1) is 23.2. The molecule has 7 heteroatoms. The van der Waals surface area contributed by atoms with Gasteiger partial charge in [-0.25, -0.2) is 4.99 Å². The van der Waals surface area contributed by atoms with Crippen LogP contribution in [0.1, 0.15) is 36.2 Å². The highest BCUT2D eigenvalue weighted by atomic mass is 16.5. The summed E-state index contributed by atoms with van der Waals surface area (Å²) in [5.41, 5.74) is 2.57. The van der Waals surface area contributed by atoms with Gasteiger partial charge in [0.05, 0.1) is 13.2 Å². The SMILES string of the molecule is CCNC(=O)c1ccc(CN=C(NCC)Nc2cccc(OCCCOC)c2)cc1. The van der Waals surface area contributed by atoms with Crippen LogP contribution in [0.5, 0.6) is 5.75 Å². The second-order valence-corrected chi connectivity index (χ2v) is 6.60. The smallest absolute Gasteiger partial charge is 0.251 e. The highest BCUT2D eigenvalue weighted by Gasteiger charge is 2.05. The van der Waals surface area contributed by atoms with Gasteiger partial charge in [-0.05, 0) is 43.7 Å². The van der Waals surface area contributed by atoms with Crippen LogP contribution in [0.15, 0.2) is 53.5 Å². The highest BCUT2D eigenvalue weighted by Crippen LogP contribution is 2.17. The summed E-state index contributed by atoms with van der Waals surface area (Å²) >= 11 is 0. The fourth-order valence-corrected chi connectivity index (χ4v) is 2.70. The van der Waals surface area contributed by atoms with E-state index in [1.54, 1.807) is 7.11 Å². The maximum atomic E-state index is 11.9. The first-order valence-corrected chi connectivity index (χ1v) is 10.3. The molecule has 3 N–H and O–H groups in total. The molecule has 0 saturated carbocycles. The molecule has 0 spiro atoms. The van der Waals surface area contributed by atoms with Crippen LogP contribution in [0, 0.1) is 0 Å². The number of amides is 1. The number of guanidine groups is 1. The number of carbonyl (C=O) groups is 1. The molecular formula is C23H32N4O3. The van der Waals surface area contributed by atoms with E-state index < -0.39 is 0 Å². The second-order valence-electron chi connectivity index (χ2n) is 6.60. The van der Waals surface area contributed by atoms with E-state index in [4.69, 9.17) is 9.47 Å². The number of methoxy groups -OCH3 is 1. The molecule has 7 nitrogen and oxygen atoms in total. The van der Waals surface area contributed by atoms with E-state index in [2.05, 4.69) is 20.9 Å². The van der Waals surface area contributed by atoms with Crippen molar-refractivity contribution in [2.45, 2.75) is 26.8 Å². The summed E-state index contributed by atoms with van der Waals surface area (Å²) in [5, 5.41) is 9.35. The molecule has 0 unspecified atom stereocenters. The third-order valence-corrected chi connectivity index (χ3v) is 4.18. The van der Waals surface area contributed by atoms with Crippen LogP contribution in [0.25, 0.3) is 0 Å². The maximum absolute atomic E-state index is 11.9. The normalized spacial score (nSPS) is 11.1. The van der Waals surface area contributed by atoms with Crippen LogP contribution >= 0.6 is 0 Å². The van der Waals surface area contributed by atoms with Crippen LogP contribution in [-0.4, -0.2) is 45.3 Å². The number of nitrogens with zero attached hydrogens (tertiary/aromatic N) is 1. The van der Waals surface area contributed by atoms with E-state index in [0.29, 0.717) is 37.8 Å². The molecule has 0 aromatic heterocycles. The molecular weight excluding hydrogens is 380 g/mol. The summed E-state index contributed by atoms with van der Waals surface area (Å²) in [5.74, 6) is 1.42. The lowest BCUT2D eigenvalue weighted by molar-refractivity contribution is 0.0956. The Bertz CT molecular complexity index is 806. The van der Waals surface area contributed by atoms with Gasteiger partial charge in [0.1, 0.15) is 5.75 Å². The molecule has 0 fully saturated rings. The lowest BCUT2D eigenvalue weighted by atomic mass is 10.1. The monoisotopic (exact) mass is 412 g/mol. The predicted octanol–water partition coefficient (Wildman–Crippen LogP) is 3.43. The molecule has 0 bridgehead atoms. The number of ether oxygens (including phenoxy) is 2. The number of aliphatic imine (C=N–C) groups is 1. The Kier molecular flexibility index (Phi) is 10.2. The number of rotatable bonds is 11. The van der Waals surface area contributed by atoms with Crippen LogP contribution in [0.3, 0.4) is 0 Å². The van der Waals surface area contributed by atoms with Gasteiger partial charge in [0, 0.05) is 50.5 Å². The zero-order chi connectivity index (χ0) is 21.6. The van der Waals surface area contributed by atoms with Crippen molar-refractivity contribution in [1.29, 1.82) is 0 Å². The van der Waals surface area contributed by atoms with E-state index in [0.717, 1.165) is 30.0 Å². The molecule has 0 aliphatic rings. The van der Waals surface area contributed by atoms with Gasteiger partial charge in [-0.1, -0.05) is 18.2 Å². The van der Waals surface area contributed by atoms with Crippen LogP contribution < -0.4 is 20.7 Å². The van der Waals surface area contributed by atoms with E-state index in [-0.39, 0.29) is 5.91 Å². The summed E-state index contributed by atoms with van der Waals surface area (Å²) in [6, 6.07) is 15.3. The standard InChI is InChI=1S/C23H32N4O3/c1-4-24-22(28)19-12-10-18(11-13-19)17-26-23(25-5-2)27-20-8-6-9-21(16-20)30-15-7-14-29-3/h6,8-13,16H,4-5,7,14-15,17H2,1-3H3,(H,24,28)(H2,25,26,27). The number of hydrogen-bond donors (Lipinski definition) is 3. The number of benzene rings is 2. The molecule has 1 amide bonds. The summed E-state index contributed by atoms with van der Waals surface area (Å²) in [6.07, 6.45) is 0.844. The molecule has 30 heavy (non-hydrogen) atoms. The van der Waals surface area contributed by atoms with E-state index in [1.165, 1.54) is 0 Å². The molecule has 162 valence electrons. The zero-order valence-electron chi connectivity index (χ0n) is 18.0. The van der Waals surface area contributed by atoms with Crippen LogP contribution in [0.2, 0.25) is 0 Å². The maximum Gasteiger partial charge on any atom is 0.251 e. The fraction of sp³-hybridized carbons (Fsp3) is 0.391. The first-order chi connectivity index (χ1) is 14.7. The van der Waals surface area contributed by atoms with Crippen LogP contribution in [0.4, 0.5) is 5.69 Å². The zero-order valence-corrected chi connectivity index (χ0v) is 18.0. The molecule has 2 aromatic rings. The van der Waals surface area contributed by atoms with Gasteiger partial charge in [-0.3, -0.25) is 4.79 Å². The summed E-state index contributed by atoms with van der Waals surface area (Å²) < 4.78 is 10.8. The number of nitrogens with one attached hydrogen (secondary N) is 3. The molecule has 0 heterocycles. The van der Waals surface area contributed by atoms with E-state index >= 15 is 0 Å². The fourth-order valence-electron chi connectivity index (χ4n) is 2.70. The van der Waals surface area contributed by atoms with Gasteiger partial charge in [0.25, 0.3) is 5.91 Å². The number of anilines is 1. The number of hydrogen-bond acceptors (Lipinski definition) is 4. The molecule has 2 rings (SSSR count). The van der Waals surface area contributed by atoms with Crippen molar-refractivity contribution in [3.8, 4) is 5.75 Å². The van der Waals surface area contributed by atoms with Gasteiger partial charge < -0.3 is 25.4 Å². The Morgan fingerprint density at radius 3 is 2.47 bits per heavy atom. The molecule has 2 aromatic carbocycles. The predicted molar refractivity (Wildman–Crippen MR) is 121 cm³/mol. The Balaban J connectivity index is 1.98. The third-order valence-electron chi connectivity index (χ3n) is 4.18. The third kappa shape index (κ3) is 8.13. The Morgan fingerprint density at radius 2 is 1.77 bits per heavy atom. The molecule has 0 radical (unpaired) electrons. The Morgan fingerprint density at radius 1 is 1.00 bits per heavy atom. The quantitative estimate of drug-likeness (QED) is 0.299. The summed E-state index contributed by atoms with van der Waals surface area (Å²) in [6.45, 7) is 7.07. The van der Waals surface area contributed by atoms with Crippen molar-refractivity contribution in [3.63, 3.8) is 0 Å². The lowest BCUT2D eigenvalue weighted by Gasteiger charge is -2.13. The average molecular weight is 413 g/mol. The molecule has 0 aliphatic carbocycles. The van der Waals surface area contributed by atoms with Crippen molar-refractivity contribution in [1.82, 2.24) is 10.6 Å². The van der Waals surface area contributed by atoms with Gasteiger partial charge in [0.15, 0.2) is 5.96 Å². The first-order valence-electron chi connectivity index (χ1n) is 10.3. The minimum atomic E-state index is -0.0631. The minimum Gasteiger partial charge on any atom is -0.493 e. The Labute approximate surface area is 178 Å². The largest absolute Gasteiger partial charge is 0.493 e. The van der Waals surface area contributed by atoms with E-state index in [9.17, 15) is 4.79 Å². The van der Waals surface area contributed by atoms with Crippen molar-refractivity contribution in [2.75, 3.05) is 38.7 Å². The van der Waals surface area contributed by atoms with Crippen molar-refractivity contribution in [3.05, 3.63) is 59.7 Å². The lowest BCUT2D eigenvalue weighted by Crippen LogP contribution is -2.30. The van der Waals surface area contributed by atoms with Crippen molar-refractivity contribution < 1.29 is 14.3 Å². The summed E-state index contributed by atoms with van der Waals surface area (Å²) in [7, 11) is 1.68. The van der Waals surface area contributed by atoms with Gasteiger partial charge in [0.2, 0.25) is 0 Å².